The van der Waals surface area contributed by atoms with Gasteiger partial charge < -0.3 is 5.73 Å². The Balaban J connectivity index is 1.89. The zero-order valence-corrected chi connectivity index (χ0v) is 13.7. The Morgan fingerprint density at radius 2 is 1.91 bits per heavy atom. The first-order valence-corrected chi connectivity index (χ1v) is 8.12. The quantitative estimate of drug-likeness (QED) is 0.822. The molecule has 1 aromatic rings. The van der Waals surface area contributed by atoms with Crippen LogP contribution in [0.15, 0.2) is 18.2 Å². The Bertz CT molecular complexity index is 676. The smallest absolute Gasteiger partial charge is 0.227 e. The van der Waals surface area contributed by atoms with E-state index in [2.05, 4.69) is 25.2 Å². The molecule has 3 N–H and O–H groups in total. The number of nitrogens with one attached hydrogen (secondary N) is 1. The normalized spacial score (nSPS) is 21.7. The molecule has 0 spiro atoms. The molecule has 1 aliphatic heterocycles. The standard InChI is InChI=1S/C18H23N3O2/c1-18(2)7-5-11(6-8-18)17-13(19)3-4-14(20-17)12-9-15(22)21-16(23)10-12/h3-5,12H,6-10,19H2,1-2H3,(H,21,22,23). The van der Waals surface area contributed by atoms with Crippen molar-refractivity contribution in [1.82, 2.24) is 10.3 Å². The predicted octanol–water partition coefficient (Wildman–Crippen LogP) is 2.78. The van der Waals surface area contributed by atoms with E-state index in [1.807, 2.05) is 12.1 Å². The van der Waals surface area contributed by atoms with Gasteiger partial charge in [-0.25, -0.2) is 0 Å². The van der Waals surface area contributed by atoms with Gasteiger partial charge in [-0.15, -0.1) is 0 Å². The second-order valence-corrected chi connectivity index (χ2v) is 7.35. The summed E-state index contributed by atoms with van der Waals surface area (Å²) >= 11 is 0. The lowest BCUT2D eigenvalue weighted by atomic mass is 9.77. The number of amides is 2. The molecule has 0 radical (unpaired) electrons. The average molecular weight is 313 g/mol. The number of hydrogen-bond acceptors (Lipinski definition) is 4. The number of allylic oxidation sites excluding steroid dienone is 2. The van der Waals surface area contributed by atoms with Gasteiger partial charge in [0.25, 0.3) is 0 Å². The largest absolute Gasteiger partial charge is 0.397 e. The second-order valence-electron chi connectivity index (χ2n) is 7.35. The molecule has 0 atom stereocenters. The SMILES string of the molecule is CC1(C)CC=C(c2nc(C3CC(=O)NC(=O)C3)ccc2N)CC1. The zero-order valence-electron chi connectivity index (χ0n) is 13.7. The van der Waals surface area contributed by atoms with E-state index in [-0.39, 0.29) is 17.7 Å². The number of nitrogen functional groups attached to an aromatic ring is 1. The van der Waals surface area contributed by atoms with E-state index in [1.54, 1.807) is 0 Å². The molecule has 0 bridgehead atoms. The minimum Gasteiger partial charge on any atom is -0.397 e. The Hall–Kier alpha value is -2.17. The fraction of sp³-hybridized carbons (Fsp3) is 0.500. The summed E-state index contributed by atoms with van der Waals surface area (Å²) in [5.41, 5.74) is 9.88. The molecule has 2 heterocycles. The van der Waals surface area contributed by atoms with Gasteiger partial charge in [0.1, 0.15) is 0 Å². The Morgan fingerprint density at radius 1 is 1.22 bits per heavy atom. The summed E-state index contributed by atoms with van der Waals surface area (Å²) in [6, 6.07) is 3.68. The number of aromatic nitrogens is 1. The lowest BCUT2D eigenvalue weighted by Crippen LogP contribution is -2.37. The van der Waals surface area contributed by atoms with Crippen molar-refractivity contribution in [2.75, 3.05) is 5.73 Å². The second kappa shape index (κ2) is 5.80. The van der Waals surface area contributed by atoms with Crippen LogP contribution in [0.5, 0.6) is 0 Å². The maximum Gasteiger partial charge on any atom is 0.227 e. The number of rotatable bonds is 2. The van der Waals surface area contributed by atoms with Crippen LogP contribution in [0.3, 0.4) is 0 Å². The monoisotopic (exact) mass is 313 g/mol. The van der Waals surface area contributed by atoms with Crippen molar-refractivity contribution in [3.8, 4) is 0 Å². The molecule has 1 fully saturated rings. The van der Waals surface area contributed by atoms with Crippen LogP contribution in [0.4, 0.5) is 5.69 Å². The van der Waals surface area contributed by atoms with Crippen molar-refractivity contribution < 1.29 is 9.59 Å². The molecule has 1 aliphatic carbocycles. The number of hydrogen-bond donors (Lipinski definition) is 2. The minimum atomic E-state index is -0.231. The summed E-state index contributed by atoms with van der Waals surface area (Å²) in [6.07, 6.45) is 5.90. The first-order chi connectivity index (χ1) is 10.8. The molecule has 2 amide bonds. The number of anilines is 1. The molecule has 5 heteroatoms. The highest BCUT2D eigenvalue weighted by molar-refractivity contribution is 5.98. The third-order valence-corrected chi connectivity index (χ3v) is 4.79. The maximum atomic E-state index is 11.6. The van der Waals surface area contributed by atoms with Crippen molar-refractivity contribution in [3.63, 3.8) is 0 Å². The molecule has 0 unspecified atom stereocenters. The Kier molecular flexibility index (Phi) is 3.96. The molecule has 0 saturated carbocycles. The number of piperidine rings is 1. The third kappa shape index (κ3) is 3.44. The number of nitrogens with two attached hydrogens (primary N) is 1. The van der Waals surface area contributed by atoms with E-state index in [0.717, 1.165) is 30.7 Å². The lowest BCUT2D eigenvalue weighted by Gasteiger charge is -2.29. The van der Waals surface area contributed by atoms with E-state index >= 15 is 0 Å². The zero-order chi connectivity index (χ0) is 16.6. The van der Waals surface area contributed by atoms with Gasteiger partial charge >= 0.3 is 0 Å². The highest BCUT2D eigenvalue weighted by Gasteiger charge is 2.28. The van der Waals surface area contributed by atoms with Gasteiger partial charge in [0, 0.05) is 24.5 Å². The predicted molar refractivity (Wildman–Crippen MR) is 89.4 cm³/mol. The summed E-state index contributed by atoms with van der Waals surface area (Å²) in [5.74, 6) is -0.619. The van der Waals surface area contributed by atoms with Crippen molar-refractivity contribution >= 4 is 23.1 Å². The Labute approximate surface area is 136 Å². The van der Waals surface area contributed by atoms with Crippen LogP contribution >= 0.6 is 0 Å². The molecular weight excluding hydrogens is 290 g/mol. The lowest BCUT2D eigenvalue weighted by molar-refractivity contribution is -0.133. The summed E-state index contributed by atoms with van der Waals surface area (Å²) < 4.78 is 0. The molecule has 0 aromatic carbocycles. The highest BCUT2D eigenvalue weighted by atomic mass is 16.2. The van der Waals surface area contributed by atoms with E-state index in [1.165, 1.54) is 5.57 Å². The summed E-state index contributed by atoms with van der Waals surface area (Å²) in [6.45, 7) is 4.53. The first-order valence-electron chi connectivity index (χ1n) is 8.12. The summed E-state index contributed by atoms with van der Waals surface area (Å²) in [5, 5.41) is 2.34. The van der Waals surface area contributed by atoms with Gasteiger partial charge in [0.05, 0.1) is 11.4 Å². The number of nitrogens with zero attached hydrogens (tertiary/aromatic N) is 1. The minimum absolute atomic E-state index is 0.156. The highest BCUT2D eigenvalue weighted by Crippen LogP contribution is 2.39. The van der Waals surface area contributed by atoms with Crippen molar-refractivity contribution in [2.24, 2.45) is 5.41 Å². The van der Waals surface area contributed by atoms with Crippen LogP contribution in [0.25, 0.3) is 5.57 Å². The Morgan fingerprint density at radius 3 is 2.52 bits per heavy atom. The van der Waals surface area contributed by atoms with E-state index in [9.17, 15) is 9.59 Å². The molecular formula is C18H23N3O2. The number of imide groups is 1. The fourth-order valence-electron chi connectivity index (χ4n) is 3.25. The van der Waals surface area contributed by atoms with Crippen LogP contribution in [-0.2, 0) is 9.59 Å². The molecule has 3 rings (SSSR count). The molecule has 1 saturated heterocycles. The van der Waals surface area contributed by atoms with Crippen molar-refractivity contribution in [1.29, 1.82) is 0 Å². The summed E-state index contributed by atoms with van der Waals surface area (Å²) in [7, 11) is 0. The van der Waals surface area contributed by atoms with Crippen LogP contribution in [0.2, 0.25) is 0 Å². The van der Waals surface area contributed by atoms with Gasteiger partial charge in [-0.3, -0.25) is 19.9 Å². The fourth-order valence-corrected chi connectivity index (χ4v) is 3.25. The summed E-state index contributed by atoms with van der Waals surface area (Å²) in [4.78, 5) is 27.9. The van der Waals surface area contributed by atoms with Gasteiger partial charge in [-0.2, -0.15) is 0 Å². The third-order valence-electron chi connectivity index (χ3n) is 4.79. The van der Waals surface area contributed by atoms with E-state index in [4.69, 9.17) is 10.7 Å². The van der Waals surface area contributed by atoms with E-state index in [0.29, 0.717) is 23.9 Å². The topological polar surface area (TPSA) is 85.1 Å². The van der Waals surface area contributed by atoms with E-state index < -0.39 is 0 Å². The number of carbonyl (C=O) groups excluding carboxylic acids is 2. The van der Waals surface area contributed by atoms with Gasteiger partial charge in [-0.1, -0.05) is 19.9 Å². The van der Waals surface area contributed by atoms with Crippen LogP contribution < -0.4 is 11.1 Å². The van der Waals surface area contributed by atoms with Gasteiger partial charge in [-0.05, 0) is 42.4 Å². The van der Waals surface area contributed by atoms with Gasteiger partial charge in [0.2, 0.25) is 11.8 Å². The number of carbonyl (C=O) groups is 2. The molecule has 23 heavy (non-hydrogen) atoms. The van der Waals surface area contributed by atoms with Crippen molar-refractivity contribution in [3.05, 3.63) is 29.6 Å². The maximum absolute atomic E-state index is 11.6. The van der Waals surface area contributed by atoms with Gasteiger partial charge in [0.15, 0.2) is 0 Å². The first kappa shape index (κ1) is 15.7. The molecule has 1 aromatic heterocycles. The molecule has 122 valence electrons. The van der Waals surface area contributed by atoms with Crippen LogP contribution in [0.1, 0.15) is 63.3 Å². The molecule has 5 nitrogen and oxygen atoms in total. The average Bonchev–Trinajstić information content (AvgIpc) is 2.47. The van der Waals surface area contributed by atoms with Crippen LogP contribution in [0, 0.1) is 5.41 Å². The molecule has 2 aliphatic rings. The van der Waals surface area contributed by atoms with Crippen molar-refractivity contribution in [2.45, 2.75) is 51.9 Å². The number of pyridine rings is 1. The van der Waals surface area contributed by atoms with Crippen LogP contribution in [-0.4, -0.2) is 16.8 Å².